The van der Waals surface area contributed by atoms with Gasteiger partial charge in [0.15, 0.2) is 5.41 Å². The quantitative estimate of drug-likeness (QED) is 0.922. The molecular formula is C13H18F3N3O2. The molecule has 5 nitrogen and oxygen atoms in total. The van der Waals surface area contributed by atoms with Gasteiger partial charge in [-0.15, -0.1) is 0 Å². The van der Waals surface area contributed by atoms with Gasteiger partial charge in [0.05, 0.1) is 5.69 Å². The van der Waals surface area contributed by atoms with Gasteiger partial charge in [-0.3, -0.25) is 14.4 Å². The molecule has 2 rings (SSSR count). The molecule has 1 aliphatic rings. The van der Waals surface area contributed by atoms with Crippen LogP contribution in [-0.4, -0.2) is 45.0 Å². The molecule has 8 heteroatoms. The number of aromatic nitrogens is 2. The number of hydrogen-bond acceptors (Lipinski definition) is 3. The molecule has 21 heavy (non-hydrogen) atoms. The molecule has 1 aliphatic heterocycles. The van der Waals surface area contributed by atoms with Gasteiger partial charge in [0.25, 0.3) is 0 Å². The zero-order valence-electron chi connectivity index (χ0n) is 11.9. The maximum Gasteiger partial charge on any atom is 0.406 e. The van der Waals surface area contributed by atoms with E-state index < -0.39 is 30.5 Å². The number of hydrogen-bond donors (Lipinski definition) is 1. The zero-order chi connectivity index (χ0) is 15.8. The van der Waals surface area contributed by atoms with Crippen molar-refractivity contribution in [3.63, 3.8) is 0 Å². The van der Waals surface area contributed by atoms with Gasteiger partial charge < -0.3 is 5.11 Å². The lowest BCUT2D eigenvalue weighted by atomic mass is 9.86. The summed E-state index contributed by atoms with van der Waals surface area (Å²) >= 11 is 0. The predicted molar refractivity (Wildman–Crippen MR) is 68.6 cm³/mol. The third kappa shape index (κ3) is 2.76. The molecule has 0 radical (unpaired) electrons. The smallest absolute Gasteiger partial charge is 0.406 e. The predicted octanol–water partition coefficient (Wildman–Crippen LogP) is 1.82. The molecule has 118 valence electrons. The molecule has 1 saturated heterocycles. The summed E-state index contributed by atoms with van der Waals surface area (Å²) in [4.78, 5) is 12.7. The van der Waals surface area contributed by atoms with Gasteiger partial charge in [0.2, 0.25) is 0 Å². The first-order valence-electron chi connectivity index (χ1n) is 6.73. The van der Waals surface area contributed by atoms with Crippen molar-refractivity contribution in [1.29, 1.82) is 0 Å². The number of carbonyl (C=O) groups is 1. The van der Waals surface area contributed by atoms with Gasteiger partial charge in [0, 0.05) is 38.4 Å². The highest BCUT2D eigenvalue weighted by molar-refractivity contribution is 5.76. The van der Waals surface area contributed by atoms with Crippen molar-refractivity contribution in [2.24, 2.45) is 12.5 Å². The van der Waals surface area contributed by atoms with Crippen LogP contribution in [0, 0.1) is 5.41 Å². The Hall–Kier alpha value is -1.57. The maximum absolute atomic E-state index is 13.1. The van der Waals surface area contributed by atoms with Crippen molar-refractivity contribution >= 4 is 5.97 Å². The number of aryl methyl sites for hydroxylation is 2. The monoisotopic (exact) mass is 305 g/mol. The normalized spacial score (nSPS) is 23.7. The lowest BCUT2D eigenvalue weighted by Gasteiger charge is -2.27. The minimum atomic E-state index is -4.74. The van der Waals surface area contributed by atoms with Crippen LogP contribution in [-0.2, 0) is 24.8 Å². The van der Waals surface area contributed by atoms with E-state index in [-0.39, 0.29) is 6.54 Å². The highest BCUT2D eigenvalue weighted by Gasteiger charge is 2.63. The van der Waals surface area contributed by atoms with E-state index in [0.29, 0.717) is 13.0 Å². The van der Waals surface area contributed by atoms with Crippen molar-refractivity contribution in [1.82, 2.24) is 14.7 Å². The highest BCUT2D eigenvalue weighted by atomic mass is 19.4. The van der Waals surface area contributed by atoms with E-state index in [1.807, 2.05) is 6.92 Å². The van der Waals surface area contributed by atoms with Gasteiger partial charge >= 0.3 is 12.1 Å². The molecule has 1 N–H and O–H groups in total. The number of nitrogens with zero attached hydrogens (tertiary/aromatic N) is 3. The lowest BCUT2D eigenvalue weighted by molar-refractivity contribution is -0.227. The second kappa shape index (κ2) is 5.32. The van der Waals surface area contributed by atoms with Gasteiger partial charge in [-0.1, -0.05) is 6.92 Å². The summed E-state index contributed by atoms with van der Waals surface area (Å²) in [6.07, 6.45) is -2.69. The van der Waals surface area contributed by atoms with Crippen LogP contribution in [0.1, 0.15) is 24.6 Å². The second-order valence-corrected chi connectivity index (χ2v) is 5.47. The van der Waals surface area contributed by atoms with Crippen molar-refractivity contribution < 1.29 is 23.1 Å². The Labute approximate surface area is 120 Å². The molecule has 0 spiro atoms. The summed E-state index contributed by atoms with van der Waals surface area (Å²) in [5, 5.41) is 13.3. The van der Waals surface area contributed by atoms with E-state index in [4.69, 9.17) is 5.11 Å². The maximum atomic E-state index is 13.1. The molecule has 1 aromatic heterocycles. The molecule has 2 heterocycles. The number of halogens is 3. The Balaban J connectivity index is 2.16. The van der Waals surface area contributed by atoms with Gasteiger partial charge in [0.1, 0.15) is 0 Å². The van der Waals surface area contributed by atoms with E-state index in [0.717, 1.165) is 11.3 Å². The summed E-state index contributed by atoms with van der Waals surface area (Å²) in [5.41, 5.74) is -0.970. The Kier molecular flexibility index (Phi) is 4.01. The minimum Gasteiger partial charge on any atom is -0.481 e. The van der Waals surface area contributed by atoms with Crippen LogP contribution in [0.5, 0.6) is 0 Å². The van der Waals surface area contributed by atoms with E-state index in [9.17, 15) is 18.0 Å². The molecule has 0 saturated carbocycles. The molecule has 0 amide bonds. The topological polar surface area (TPSA) is 58.4 Å². The number of carboxylic acid groups (broad SMARTS) is 1. The van der Waals surface area contributed by atoms with Gasteiger partial charge in [-0.25, -0.2) is 0 Å². The molecule has 0 aliphatic carbocycles. The number of rotatable bonds is 4. The Bertz CT molecular complexity index is 541. The highest BCUT2D eigenvalue weighted by Crippen LogP contribution is 2.46. The van der Waals surface area contributed by atoms with E-state index in [2.05, 4.69) is 5.10 Å². The van der Waals surface area contributed by atoms with Crippen LogP contribution in [0.3, 0.4) is 0 Å². The molecule has 1 fully saturated rings. The van der Waals surface area contributed by atoms with E-state index in [1.165, 1.54) is 4.90 Å². The average Bonchev–Trinajstić information content (AvgIpc) is 2.93. The summed E-state index contributed by atoms with van der Waals surface area (Å²) in [5.74, 6) is -1.79. The zero-order valence-corrected chi connectivity index (χ0v) is 11.9. The lowest BCUT2D eigenvalue weighted by Crippen LogP contribution is -2.47. The average molecular weight is 305 g/mol. The number of carboxylic acids is 1. The van der Waals surface area contributed by atoms with Crippen LogP contribution in [0.4, 0.5) is 13.2 Å². The SMILES string of the molecule is CCc1nn(C)cc1CN1CCC(C(=O)O)(C(F)(F)F)C1. The Morgan fingerprint density at radius 3 is 2.67 bits per heavy atom. The Morgan fingerprint density at radius 2 is 2.19 bits per heavy atom. The van der Waals surface area contributed by atoms with Crippen molar-refractivity contribution in [2.75, 3.05) is 13.1 Å². The summed E-state index contributed by atoms with van der Waals surface area (Å²) in [6.45, 7) is 1.82. The molecule has 1 unspecified atom stereocenters. The summed E-state index contributed by atoms with van der Waals surface area (Å²) in [6, 6.07) is 0. The first kappa shape index (κ1) is 15.8. The van der Waals surface area contributed by atoms with Crippen LogP contribution in [0.25, 0.3) is 0 Å². The minimum absolute atomic E-state index is 0.115. The third-order valence-electron chi connectivity index (χ3n) is 4.02. The van der Waals surface area contributed by atoms with E-state index in [1.54, 1.807) is 17.9 Å². The van der Waals surface area contributed by atoms with Crippen LogP contribution < -0.4 is 0 Å². The van der Waals surface area contributed by atoms with Crippen molar-refractivity contribution in [3.8, 4) is 0 Å². The fourth-order valence-corrected chi connectivity index (χ4v) is 2.81. The van der Waals surface area contributed by atoms with E-state index >= 15 is 0 Å². The Morgan fingerprint density at radius 1 is 1.52 bits per heavy atom. The van der Waals surface area contributed by atoms with Crippen molar-refractivity contribution in [3.05, 3.63) is 17.5 Å². The first-order chi connectivity index (χ1) is 9.69. The molecular weight excluding hydrogens is 287 g/mol. The van der Waals surface area contributed by atoms with Crippen LogP contribution >= 0.6 is 0 Å². The fourth-order valence-electron chi connectivity index (χ4n) is 2.81. The van der Waals surface area contributed by atoms with Gasteiger partial charge in [-0.05, 0) is 12.8 Å². The molecule has 1 aromatic rings. The molecule has 1 atom stereocenters. The van der Waals surface area contributed by atoms with Crippen LogP contribution in [0.2, 0.25) is 0 Å². The summed E-state index contributed by atoms with van der Waals surface area (Å²) in [7, 11) is 1.75. The fraction of sp³-hybridized carbons (Fsp3) is 0.692. The number of likely N-dealkylation sites (tertiary alicyclic amines) is 1. The van der Waals surface area contributed by atoms with Crippen LogP contribution in [0.15, 0.2) is 6.20 Å². The third-order valence-corrected chi connectivity index (χ3v) is 4.02. The molecule has 0 aromatic carbocycles. The molecule has 0 bridgehead atoms. The number of alkyl halides is 3. The second-order valence-electron chi connectivity index (χ2n) is 5.47. The van der Waals surface area contributed by atoms with Gasteiger partial charge in [-0.2, -0.15) is 18.3 Å². The largest absolute Gasteiger partial charge is 0.481 e. The standard InChI is InChI=1S/C13H18F3N3O2/c1-3-10-9(6-18(2)17-10)7-19-5-4-12(8-19,11(20)21)13(14,15)16/h6H,3-5,7-8H2,1-2H3,(H,20,21). The number of aliphatic carboxylic acids is 1. The summed E-state index contributed by atoms with van der Waals surface area (Å²) < 4.78 is 40.9. The van der Waals surface area contributed by atoms with Crippen molar-refractivity contribution in [2.45, 2.75) is 32.5 Å². The first-order valence-corrected chi connectivity index (χ1v) is 6.73.